The molecule has 0 aliphatic carbocycles. The summed E-state index contributed by atoms with van der Waals surface area (Å²) >= 11 is 1.46. The molecule has 31 heavy (non-hydrogen) atoms. The number of hydrogen-bond acceptors (Lipinski definition) is 6. The molecule has 6 nitrogen and oxygen atoms in total. The molecule has 0 bridgehead atoms. The van der Waals surface area contributed by atoms with Crippen LogP contribution in [0.15, 0.2) is 60.0 Å². The van der Waals surface area contributed by atoms with Crippen LogP contribution in [-0.4, -0.2) is 46.0 Å². The molecule has 0 radical (unpaired) electrons. The second kappa shape index (κ2) is 10.5. The zero-order valence-electron chi connectivity index (χ0n) is 18.2. The van der Waals surface area contributed by atoms with Crippen molar-refractivity contribution < 1.29 is 19.4 Å². The van der Waals surface area contributed by atoms with Crippen molar-refractivity contribution in [3.8, 4) is 17.2 Å². The molecule has 0 saturated carbocycles. The zero-order chi connectivity index (χ0) is 22.4. The summed E-state index contributed by atoms with van der Waals surface area (Å²) in [6.45, 7) is 5.94. The lowest BCUT2D eigenvalue weighted by atomic mass is 10.0. The van der Waals surface area contributed by atoms with E-state index in [0.717, 1.165) is 10.8 Å². The SMILES string of the molecule is COc1cc(C(C)=O)ccc1OCC(O)CSc1nccn1-c1ccc(C(C)C)cc1. The normalized spacial score (nSPS) is 12.1. The van der Waals surface area contributed by atoms with E-state index in [1.54, 1.807) is 24.4 Å². The largest absolute Gasteiger partial charge is 0.493 e. The predicted octanol–water partition coefficient (Wildman–Crippen LogP) is 4.74. The van der Waals surface area contributed by atoms with E-state index in [9.17, 15) is 9.90 Å². The Balaban J connectivity index is 1.58. The maximum absolute atomic E-state index is 11.5. The van der Waals surface area contributed by atoms with Gasteiger partial charge in [-0.2, -0.15) is 0 Å². The van der Waals surface area contributed by atoms with Crippen molar-refractivity contribution in [3.05, 3.63) is 66.0 Å². The molecular formula is C24H28N2O4S. The average Bonchev–Trinajstić information content (AvgIpc) is 3.24. The van der Waals surface area contributed by atoms with Gasteiger partial charge in [-0.05, 0) is 48.7 Å². The highest BCUT2D eigenvalue weighted by molar-refractivity contribution is 7.99. The van der Waals surface area contributed by atoms with Crippen LogP contribution in [-0.2, 0) is 0 Å². The molecule has 0 fully saturated rings. The Kier molecular flexibility index (Phi) is 7.76. The number of nitrogens with zero attached hydrogens (tertiary/aromatic N) is 2. The summed E-state index contributed by atoms with van der Waals surface area (Å²) in [5.74, 6) is 1.82. The minimum absolute atomic E-state index is 0.0457. The summed E-state index contributed by atoms with van der Waals surface area (Å²) in [4.78, 5) is 15.9. The minimum Gasteiger partial charge on any atom is -0.493 e. The zero-order valence-corrected chi connectivity index (χ0v) is 19.1. The second-order valence-corrected chi connectivity index (χ2v) is 8.51. The fourth-order valence-corrected chi connectivity index (χ4v) is 3.90. The Morgan fingerprint density at radius 3 is 2.55 bits per heavy atom. The van der Waals surface area contributed by atoms with Crippen LogP contribution in [0.1, 0.15) is 42.6 Å². The highest BCUT2D eigenvalue weighted by Crippen LogP contribution is 2.29. The molecule has 0 aliphatic heterocycles. The topological polar surface area (TPSA) is 73.6 Å². The molecule has 0 spiro atoms. The predicted molar refractivity (Wildman–Crippen MR) is 123 cm³/mol. The highest BCUT2D eigenvalue weighted by Gasteiger charge is 2.14. The fraction of sp³-hybridized carbons (Fsp3) is 0.333. The van der Waals surface area contributed by atoms with Gasteiger partial charge in [-0.1, -0.05) is 37.7 Å². The Labute approximate surface area is 187 Å². The van der Waals surface area contributed by atoms with E-state index in [1.165, 1.54) is 31.4 Å². The number of benzene rings is 2. The first-order valence-corrected chi connectivity index (χ1v) is 11.1. The minimum atomic E-state index is -0.698. The first-order valence-electron chi connectivity index (χ1n) is 10.2. The molecule has 7 heteroatoms. The number of ketones is 1. The summed E-state index contributed by atoms with van der Waals surface area (Å²) in [5.41, 5.74) is 2.87. The number of hydrogen-bond donors (Lipinski definition) is 1. The average molecular weight is 441 g/mol. The van der Waals surface area contributed by atoms with E-state index in [2.05, 4.69) is 43.1 Å². The van der Waals surface area contributed by atoms with Crippen LogP contribution in [0.25, 0.3) is 5.69 Å². The van der Waals surface area contributed by atoms with Crippen molar-refractivity contribution in [1.82, 2.24) is 9.55 Å². The molecule has 1 atom stereocenters. The van der Waals surface area contributed by atoms with E-state index >= 15 is 0 Å². The molecule has 1 unspecified atom stereocenters. The van der Waals surface area contributed by atoms with Gasteiger partial charge in [-0.25, -0.2) is 4.98 Å². The van der Waals surface area contributed by atoms with Gasteiger partial charge < -0.3 is 14.6 Å². The number of thioether (sulfide) groups is 1. The highest BCUT2D eigenvalue weighted by atomic mass is 32.2. The van der Waals surface area contributed by atoms with Crippen molar-refractivity contribution in [2.75, 3.05) is 19.5 Å². The number of imidazole rings is 1. The second-order valence-electron chi connectivity index (χ2n) is 7.52. The number of aliphatic hydroxyl groups excluding tert-OH is 1. The molecule has 3 aromatic rings. The van der Waals surface area contributed by atoms with Gasteiger partial charge in [0.2, 0.25) is 0 Å². The maximum Gasteiger partial charge on any atom is 0.172 e. The monoisotopic (exact) mass is 440 g/mol. The first kappa shape index (κ1) is 22.9. The molecule has 2 aromatic carbocycles. The van der Waals surface area contributed by atoms with E-state index in [4.69, 9.17) is 9.47 Å². The molecule has 164 valence electrons. The quantitative estimate of drug-likeness (QED) is 0.363. The van der Waals surface area contributed by atoms with Crippen molar-refractivity contribution in [2.45, 2.75) is 37.9 Å². The number of methoxy groups -OCH3 is 1. The third kappa shape index (κ3) is 5.89. The smallest absolute Gasteiger partial charge is 0.172 e. The standard InChI is InChI=1S/C24H28N2O4S/c1-16(2)18-5-8-20(9-6-18)26-12-11-25-24(26)31-15-21(28)14-30-22-10-7-19(17(3)27)13-23(22)29-4/h5-13,16,21,28H,14-15H2,1-4H3. The van der Waals surface area contributed by atoms with Crippen molar-refractivity contribution in [3.63, 3.8) is 0 Å². The third-order valence-corrected chi connectivity index (χ3v) is 5.96. The number of aromatic nitrogens is 2. The summed E-state index contributed by atoms with van der Waals surface area (Å²) in [6.07, 6.45) is 2.97. The maximum atomic E-state index is 11.5. The molecular weight excluding hydrogens is 412 g/mol. The lowest BCUT2D eigenvalue weighted by Crippen LogP contribution is -2.20. The van der Waals surface area contributed by atoms with Gasteiger partial charge in [0.1, 0.15) is 6.61 Å². The van der Waals surface area contributed by atoms with Crippen molar-refractivity contribution in [2.24, 2.45) is 0 Å². The van der Waals surface area contributed by atoms with Gasteiger partial charge >= 0.3 is 0 Å². The van der Waals surface area contributed by atoms with Crippen LogP contribution in [0.4, 0.5) is 0 Å². The van der Waals surface area contributed by atoms with Gasteiger partial charge in [0.05, 0.1) is 13.2 Å². The number of Topliss-reactive ketones (excluding diaryl/α,β-unsaturated/α-hetero) is 1. The number of rotatable bonds is 10. The van der Waals surface area contributed by atoms with Gasteiger partial charge in [0.25, 0.3) is 0 Å². The van der Waals surface area contributed by atoms with Crippen LogP contribution >= 0.6 is 11.8 Å². The van der Waals surface area contributed by atoms with Crippen LogP contribution in [0, 0.1) is 0 Å². The van der Waals surface area contributed by atoms with Crippen molar-refractivity contribution >= 4 is 17.5 Å². The first-order chi connectivity index (χ1) is 14.9. The Bertz CT molecular complexity index is 1010. The van der Waals surface area contributed by atoms with Gasteiger partial charge in [-0.15, -0.1) is 0 Å². The van der Waals surface area contributed by atoms with Crippen LogP contribution in [0.2, 0.25) is 0 Å². The molecule has 1 aromatic heterocycles. The van der Waals surface area contributed by atoms with Gasteiger partial charge in [0, 0.05) is 29.4 Å². The number of ether oxygens (including phenoxy) is 2. The summed E-state index contributed by atoms with van der Waals surface area (Å²) in [6, 6.07) is 13.4. The summed E-state index contributed by atoms with van der Waals surface area (Å²) in [7, 11) is 1.52. The van der Waals surface area contributed by atoms with Crippen LogP contribution in [0.3, 0.4) is 0 Å². The van der Waals surface area contributed by atoms with E-state index in [-0.39, 0.29) is 12.4 Å². The van der Waals surface area contributed by atoms with Crippen LogP contribution in [0.5, 0.6) is 11.5 Å². The molecule has 1 N–H and O–H groups in total. The van der Waals surface area contributed by atoms with Crippen LogP contribution < -0.4 is 9.47 Å². The summed E-state index contributed by atoms with van der Waals surface area (Å²) in [5, 5.41) is 11.2. The molecule has 0 aliphatic rings. The lowest BCUT2D eigenvalue weighted by molar-refractivity contribution is 0.101. The van der Waals surface area contributed by atoms with Gasteiger partial charge in [0.15, 0.2) is 22.4 Å². The van der Waals surface area contributed by atoms with Crippen molar-refractivity contribution in [1.29, 1.82) is 0 Å². The number of carbonyl (C=O) groups is 1. The van der Waals surface area contributed by atoms with Gasteiger partial charge in [-0.3, -0.25) is 9.36 Å². The van der Waals surface area contributed by atoms with E-state index in [1.807, 2.05) is 10.8 Å². The van der Waals surface area contributed by atoms with E-state index in [0.29, 0.717) is 28.7 Å². The Morgan fingerprint density at radius 1 is 1.16 bits per heavy atom. The van der Waals surface area contributed by atoms with E-state index < -0.39 is 6.10 Å². The Morgan fingerprint density at radius 2 is 1.90 bits per heavy atom. The summed E-state index contributed by atoms with van der Waals surface area (Å²) < 4.78 is 13.0. The lowest BCUT2D eigenvalue weighted by Gasteiger charge is -2.15. The molecule has 0 saturated heterocycles. The number of aliphatic hydroxyl groups is 1. The molecule has 0 amide bonds. The Hall–Kier alpha value is -2.77. The number of carbonyl (C=O) groups excluding carboxylic acids is 1. The third-order valence-electron chi connectivity index (χ3n) is 4.85. The molecule has 3 rings (SSSR count). The fourth-order valence-electron chi connectivity index (χ4n) is 3.02. The molecule has 1 heterocycles.